The van der Waals surface area contributed by atoms with Gasteiger partial charge < -0.3 is 13.6 Å². The van der Waals surface area contributed by atoms with Gasteiger partial charge >= 0.3 is 0 Å². The summed E-state index contributed by atoms with van der Waals surface area (Å²) < 4.78 is 16.2. The quantitative estimate of drug-likeness (QED) is 0.165. The molecule has 0 N–H and O–H groups in total. The van der Waals surface area contributed by atoms with Crippen molar-refractivity contribution in [2.24, 2.45) is 0 Å². The molecule has 0 unspecified atom stereocenters. The van der Waals surface area contributed by atoms with Crippen LogP contribution in [0.1, 0.15) is 11.1 Å². The van der Waals surface area contributed by atoms with Gasteiger partial charge in [-0.25, -0.2) is 4.85 Å². The maximum Gasteiger partial charge on any atom is 0.221 e. The molecule has 5 nitrogen and oxygen atoms in total. The van der Waals surface area contributed by atoms with Crippen molar-refractivity contribution in [3.8, 4) is 39.7 Å². The summed E-state index contributed by atoms with van der Waals surface area (Å²) in [5.41, 5.74) is 11.8. The highest BCUT2D eigenvalue weighted by Gasteiger charge is 2.34. The van der Waals surface area contributed by atoms with E-state index in [1.807, 2.05) is 48.5 Å². The van der Waals surface area contributed by atoms with Gasteiger partial charge in [0, 0.05) is 74.4 Å². The first kappa shape index (κ1) is 39.1. The molecule has 0 fully saturated rings. The van der Waals surface area contributed by atoms with Crippen molar-refractivity contribution in [2.45, 2.75) is 6.92 Å². The zero-order chi connectivity index (χ0) is 46.4. The van der Waals surface area contributed by atoms with Crippen LogP contribution >= 0.6 is 22.7 Å². The van der Waals surface area contributed by atoms with E-state index in [0.717, 1.165) is 119 Å². The lowest BCUT2D eigenvalue weighted by Gasteiger charge is -2.25. The van der Waals surface area contributed by atoms with Crippen LogP contribution < -0.4 is 0 Å². The minimum atomic E-state index is 0.395. The molecule has 0 saturated heterocycles. The van der Waals surface area contributed by atoms with E-state index in [-0.39, 0.29) is 0 Å². The topological polar surface area (TPSA) is 51.1 Å². The zero-order valence-electron chi connectivity index (χ0n) is 37.4. The number of hydrogen-bond donors (Lipinski definition) is 0. The number of furan rings is 1. The van der Waals surface area contributed by atoms with E-state index >= 15 is 0 Å². The van der Waals surface area contributed by atoms with E-state index in [2.05, 4.69) is 162 Å². The summed E-state index contributed by atoms with van der Waals surface area (Å²) in [7, 11) is 0. The summed E-state index contributed by atoms with van der Waals surface area (Å²) in [5.74, 6) is 0. The van der Waals surface area contributed by atoms with Crippen LogP contribution in [-0.2, 0) is 0 Å². The molecule has 0 bridgehead atoms. The summed E-state index contributed by atoms with van der Waals surface area (Å²) in [5, 5.41) is 23.3. The Morgan fingerprint density at radius 3 is 1.64 bits per heavy atom. The van der Waals surface area contributed by atoms with Crippen molar-refractivity contribution in [3.05, 3.63) is 211 Å². The lowest BCUT2D eigenvalue weighted by atomic mass is 9.88. The predicted molar refractivity (Wildman–Crippen MR) is 295 cm³/mol. The van der Waals surface area contributed by atoms with Crippen LogP contribution in [0.25, 0.3) is 144 Å². The molecule has 5 heterocycles. The molecule has 7 heteroatoms. The van der Waals surface area contributed by atoms with Crippen LogP contribution in [0.15, 0.2) is 192 Å². The van der Waals surface area contributed by atoms with Crippen LogP contribution in [-0.4, -0.2) is 9.13 Å². The van der Waals surface area contributed by atoms with Crippen molar-refractivity contribution < 1.29 is 4.42 Å². The first-order valence-corrected chi connectivity index (χ1v) is 24.9. The van der Waals surface area contributed by atoms with Crippen LogP contribution in [0, 0.1) is 24.8 Å². The summed E-state index contributed by atoms with van der Waals surface area (Å²) in [6.45, 7) is 11.8. The van der Waals surface area contributed by atoms with Gasteiger partial charge in [0.1, 0.15) is 11.7 Å². The number of aryl methyl sites for hydroxylation is 1. The molecular formula is C63H34N4OS2. The number of benzene rings is 10. The molecule has 0 atom stereocenters. The Kier molecular flexibility index (Phi) is 8.10. The van der Waals surface area contributed by atoms with Crippen LogP contribution in [0.3, 0.4) is 0 Å². The fraction of sp³-hybridized carbons (Fsp3) is 0.0159. The third kappa shape index (κ3) is 5.12. The molecule has 5 aromatic heterocycles. The number of aromatic nitrogens is 2. The Hall–Kier alpha value is -8.98. The largest absolute Gasteiger partial charge is 0.454 e. The van der Waals surface area contributed by atoms with E-state index in [1.165, 1.54) is 20.2 Å². The molecule has 324 valence electrons. The number of nitrogens with zero attached hydrogens (tertiary/aromatic N) is 4. The first-order chi connectivity index (χ1) is 34.6. The highest BCUT2D eigenvalue weighted by atomic mass is 32.1. The number of rotatable bonds is 4. The van der Waals surface area contributed by atoms with Crippen LogP contribution in [0.4, 0.5) is 5.69 Å². The standard InChI is InChI=1S/C63H34N4OS2/c1-35-33-46-38-21-9-13-25-48(38)66(57(46)61-52(35)45-24-10-14-26-49(45)68-61)60-53(36-17-5-3-6-18-36)47(34-64)56(55(65-2)54(60)37-19-7-4-8-20-37)67-58-41(29-31-43-39-22-11-15-27-50(39)69-62(43)58)42-30-32-44-40-23-12-16-28-51(40)70-63(44)59(42)67/h3-33H,1H3. The van der Waals surface area contributed by atoms with E-state index in [1.54, 1.807) is 22.7 Å². The second kappa shape index (κ2) is 14.5. The van der Waals surface area contributed by atoms with E-state index < -0.39 is 0 Å². The summed E-state index contributed by atoms with van der Waals surface area (Å²) in [6.07, 6.45) is 0. The van der Waals surface area contributed by atoms with E-state index in [0.29, 0.717) is 16.9 Å². The normalized spacial score (nSPS) is 12.0. The van der Waals surface area contributed by atoms with Gasteiger partial charge in [0.2, 0.25) is 5.69 Å². The van der Waals surface area contributed by atoms with Gasteiger partial charge in [-0.2, -0.15) is 5.26 Å². The monoisotopic (exact) mass is 926 g/mol. The minimum absolute atomic E-state index is 0.395. The molecule has 15 aromatic rings. The molecule has 15 rings (SSSR count). The third-order valence-corrected chi connectivity index (χ3v) is 16.9. The highest BCUT2D eigenvalue weighted by molar-refractivity contribution is 7.27. The van der Waals surface area contributed by atoms with Crippen molar-refractivity contribution in [3.63, 3.8) is 0 Å². The molecule has 0 aliphatic rings. The maximum atomic E-state index is 12.3. The summed E-state index contributed by atoms with van der Waals surface area (Å²) in [6, 6.07) is 68.7. The minimum Gasteiger partial charge on any atom is -0.454 e. The number of para-hydroxylation sites is 2. The lowest BCUT2D eigenvalue weighted by molar-refractivity contribution is 0.671. The van der Waals surface area contributed by atoms with Gasteiger partial charge in [-0.15, -0.1) is 22.7 Å². The fourth-order valence-electron chi connectivity index (χ4n) is 11.7. The third-order valence-electron chi connectivity index (χ3n) is 14.5. The molecule has 0 amide bonds. The maximum absolute atomic E-state index is 12.3. The fourth-order valence-corrected chi connectivity index (χ4v) is 14.1. The van der Waals surface area contributed by atoms with Crippen LogP contribution in [0.5, 0.6) is 0 Å². The Labute approximate surface area is 407 Å². The molecule has 70 heavy (non-hydrogen) atoms. The Balaban J connectivity index is 1.24. The Morgan fingerprint density at radius 1 is 0.500 bits per heavy atom. The van der Waals surface area contributed by atoms with E-state index in [9.17, 15) is 11.8 Å². The lowest BCUT2D eigenvalue weighted by Crippen LogP contribution is -2.08. The predicted octanol–water partition coefficient (Wildman–Crippen LogP) is 18.6. The van der Waals surface area contributed by atoms with Gasteiger partial charge in [-0.05, 0) is 53.9 Å². The summed E-state index contributed by atoms with van der Waals surface area (Å²) in [4.78, 5) is 4.70. The molecular weight excluding hydrogens is 893 g/mol. The van der Waals surface area contributed by atoms with Crippen molar-refractivity contribution in [1.29, 1.82) is 5.26 Å². The molecule has 0 radical (unpaired) electrons. The molecule has 0 aliphatic carbocycles. The average molecular weight is 927 g/mol. The molecule has 0 spiro atoms. The average Bonchev–Trinajstić information content (AvgIpc) is 4.24. The smallest absolute Gasteiger partial charge is 0.221 e. The number of hydrogen-bond acceptors (Lipinski definition) is 4. The summed E-state index contributed by atoms with van der Waals surface area (Å²) >= 11 is 3.54. The van der Waals surface area contributed by atoms with Crippen molar-refractivity contribution in [1.82, 2.24) is 9.13 Å². The Morgan fingerprint density at radius 2 is 1.03 bits per heavy atom. The number of nitriles is 1. The molecule has 10 aromatic carbocycles. The van der Waals surface area contributed by atoms with Gasteiger partial charge in [-0.1, -0.05) is 158 Å². The van der Waals surface area contributed by atoms with Gasteiger partial charge in [-0.3, -0.25) is 0 Å². The first-order valence-electron chi connectivity index (χ1n) is 23.3. The second-order valence-electron chi connectivity index (χ2n) is 18.1. The van der Waals surface area contributed by atoms with Crippen LogP contribution in [0.2, 0.25) is 0 Å². The second-order valence-corrected chi connectivity index (χ2v) is 20.2. The van der Waals surface area contributed by atoms with Gasteiger partial charge in [0.25, 0.3) is 0 Å². The molecule has 0 aliphatic heterocycles. The highest BCUT2D eigenvalue weighted by Crippen LogP contribution is 2.55. The van der Waals surface area contributed by atoms with Gasteiger partial charge in [0.05, 0.1) is 55.0 Å². The Bertz CT molecular complexity index is 4650. The van der Waals surface area contributed by atoms with Crippen molar-refractivity contribution in [2.75, 3.05) is 0 Å². The van der Waals surface area contributed by atoms with Gasteiger partial charge in [0.15, 0.2) is 5.58 Å². The molecule has 0 saturated carbocycles. The van der Waals surface area contributed by atoms with Crippen molar-refractivity contribution >= 4 is 134 Å². The SMILES string of the molecule is [C-]#[N+]c1c(-c2ccccc2)c(-n2c3ccccc3c3cc(C)c4c5ccccc5oc4c32)c(-c2ccccc2)c(C#N)c1-n1c2c(ccc3c4ccccc4sc32)c2ccc3c4ccccc4sc3c21. The zero-order valence-corrected chi connectivity index (χ0v) is 39.0. The number of fused-ring (bicyclic) bond motifs is 18. The number of thiophene rings is 2. The van der Waals surface area contributed by atoms with E-state index in [4.69, 9.17) is 9.26 Å².